The maximum Gasteiger partial charge on any atom is 0.234 e. The second kappa shape index (κ2) is 7.46. The standard InChI is InChI=1S/C19H20N4O2/c20-8-4-7-15(9-21)11-23-18(24)16-12-22(13-17(16)19(23)25)10-14-5-2-1-3-6-14/h1-3,5-6,15-17H,4,7,10-13H2/t15-,16-,17+/m0/s1. The summed E-state index contributed by atoms with van der Waals surface area (Å²) in [6.45, 7) is 2.00. The first-order valence-electron chi connectivity index (χ1n) is 8.52. The van der Waals surface area contributed by atoms with Crippen molar-refractivity contribution in [3.8, 4) is 12.1 Å². The fourth-order valence-corrected chi connectivity index (χ4v) is 3.70. The molecule has 2 aliphatic heterocycles. The Morgan fingerprint density at radius 1 is 1.08 bits per heavy atom. The molecule has 2 aliphatic rings. The highest BCUT2D eigenvalue weighted by Crippen LogP contribution is 2.34. The smallest absolute Gasteiger partial charge is 0.234 e. The zero-order valence-corrected chi connectivity index (χ0v) is 14.0. The number of rotatable bonds is 6. The lowest BCUT2D eigenvalue weighted by molar-refractivity contribution is -0.141. The summed E-state index contributed by atoms with van der Waals surface area (Å²) in [5, 5.41) is 17.8. The van der Waals surface area contributed by atoms with Gasteiger partial charge in [-0.25, -0.2) is 0 Å². The van der Waals surface area contributed by atoms with E-state index in [-0.39, 0.29) is 36.6 Å². The molecule has 3 rings (SSSR count). The molecule has 128 valence electrons. The zero-order chi connectivity index (χ0) is 17.8. The van der Waals surface area contributed by atoms with Gasteiger partial charge in [0.2, 0.25) is 11.8 Å². The minimum atomic E-state index is -0.466. The average molecular weight is 336 g/mol. The predicted octanol–water partition coefficient (Wildman–Crippen LogP) is 1.55. The molecule has 6 heteroatoms. The molecule has 1 aromatic rings. The highest BCUT2D eigenvalue weighted by molar-refractivity contribution is 6.05. The number of imide groups is 1. The number of benzene rings is 1. The van der Waals surface area contributed by atoms with Gasteiger partial charge in [0.25, 0.3) is 0 Å². The van der Waals surface area contributed by atoms with Crippen LogP contribution in [0.3, 0.4) is 0 Å². The van der Waals surface area contributed by atoms with Crippen LogP contribution in [0.4, 0.5) is 0 Å². The maximum absolute atomic E-state index is 12.6. The Morgan fingerprint density at radius 2 is 1.72 bits per heavy atom. The largest absolute Gasteiger partial charge is 0.297 e. The topological polar surface area (TPSA) is 88.2 Å². The maximum atomic E-state index is 12.6. The Kier molecular flexibility index (Phi) is 5.11. The van der Waals surface area contributed by atoms with Crippen LogP contribution in [-0.4, -0.2) is 41.2 Å². The van der Waals surface area contributed by atoms with Crippen molar-refractivity contribution in [1.82, 2.24) is 9.80 Å². The van der Waals surface area contributed by atoms with Crippen LogP contribution < -0.4 is 0 Å². The van der Waals surface area contributed by atoms with Gasteiger partial charge < -0.3 is 0 Å². The van der Waals surface area contributed by atoms with E-state index >= 15 is 0 Å². The second-order valence-electron chi connectivity index (χ2n) is 6.70. The molecule has 0 unspecified atom stereocenters. The summed E-state index contributed by atoms with van der Waals surface area (Å²) < 4.78 is 0. The molecular weight excluding hydrogens is 316 g/mol. The number of nitrogens with zero attached hydrogens (tertiary/aromatic N) is 4. The lowest BCUT2D eigenvalue weighted by Gasteiger charge is -2.22. The first kappa shape index (κ1) is 17.1. The molecule has 2 fully saturated rings. The number of amides is 2. The van der Waals surface area contributed by atoms with Crippen molar-refractivity contribution >= 4 is 11.8 Å². The normalized spacial score (nSPS) is 24.0. The van der Waals surface area contributed by atoms with E-state index in [9.17, 15) is 14.9 Å². The van der Waals surface area contributed by atoms with Crippen LogP contribution >= 0.6 is 0 Å². The van der Waals surface area contributed by atoms with E-state index in [1.54, 1.807) is 0 Å². The molecule has 0 bridgehead atoms. The van der Waals surface area contributed by atoms with Gasteiger partial charge >= 0.3 is 0 Å². The zero-order valence-electron chi connectivity index (χ0n) is 14.0. The molecule has 2 heterocycles. The molecule has 0 radical (unpaired) electrons. The summed E-state index contributed by atoms with van der Waals surface area (Å²) in [7, 11) is 0. The predicted molar refractivity (Wildman–Crippen MR) is 89.4 cm³/mol. The molecule has 0 N–H and O–H groups in total. The van der Waals surface area contributed by atoms with Crippen molar-refractivity contribution in [2.24, 2.45) is 17.8 Å². The molecule has 2 saturated heterocycles. The van der Waals surface area contributed by atoms with Gasteiger partial charge in [-0.3, -0.25) is 19.4 Å². The van der Waals surface area contributed by atoms with Gasteiger partial charge in [-0.15, -0.1) is 0 Å². The molecule has 25 heavy (non-hydrogen) atoms. The van der Waals surface area contributed by atoms with E-state index in [1.807, 2.05) is 36.4 Å². The lowest BCUT2D eigenvalue weighted by Crippen LogP contribution is -2.38. The molecule has 0 aliphatic carbocycles. The molecule has 2 amide bonds. The number of hydrogen-bond acceptors (Lipinski definition) is 5. The third kappa shape index (κ3) is 3.55. The van der Waals surface area contributed by atoms with E-state index in [1.165, 1.54) is 10.5 Å². The van der Waals surface area contributed by atoms with Gasteiger partial charge in [0.05, 0.1) is 29.9 Å². The van der Waals surface area contributed by atoms with E-state index in [2.05, 4.69) is 11.0 Å². The Morgan fingerprint density at radius 3 is 2.28 bits per heavy atom. The summed E-state index contributed by atoms with van der Waals surface area (Å²) >= 11 is 0. The highest BCUT2D eigenvalue weighted by Gasteiger charge is 2.52. The van der Waals surface area contributed by atoms with Crippen molar-refractivity contribution in [2.75, 3.05) is 19.6 Å². The number of hydrogen-bond donors (Lipinski definition) is 0. The van der Waals surface area contributed by atoms with E-state index in [0.29, 0.717) is 19.5 Å². The Bertz CT molecular complexity index is 710. The molecule has 3 atom stereocenters. The van der Waals surface area contributed by atoms with Crippen LogP contribution in [0.1, 0.15) is 18.4 Å². The minimum Gasteiger partial charge on any atom is -0.297 e. The number of nitriles is 2. The molecule has 0 saturated carbocycles. The quantitative estimate of drug-likeness (QED) is 0.735. The summed E-state index contributed by atoms with van der Waals surface area (Å²) in [6.07, 6.45) is 0.645. The van der Waals surface area contributed by atoms with E-state index in [4.69, 9.17) is 5.26 Å². The van der Waals surface area contributed by atoms with Gasteiger partial charge in [-0.2, -0.15) is 10.5 Å². The van der Waals surface area contributed by atoms with Gasteiger partial charge in [0.1, 0.15) is 0 Å². The first-order valence-corrected chi connectivity index (χ1v) is 8.52. The van der Waals surface area contributed by atoms with E-state index in [0.717, 1.165) is 6.54 Å². The van der Waals surface area contributed by atoms with Crippen LogP contribution in [0, 0.1) is 40.4 Å². The second-order valence-corrected chi connectivity index (χ2v) is 6.70. The lowest BCUT2D eigenvalue weighted by atomic mass is 10.00. The summed E-state index contributed by atoms with van der Waals surface area (Å²) in [4.78, 5) is 28.6. The van der Waals surface area contributed by atoms with Crippen molar-refractivity contribution in [3.63, 3.8) is 0 Å². The third-order valence-electron chi connectivity index (χ3n) is 5.00. The number of likely N-dealkylation sites (tertiary alicyclic amines) is 2. The van der Waals surface area contributed by atoms with Crippen LogP contribution in [0.15, 0.2) is 30.3 Å². The van der Waals surface area contributed by atoms with E-state index < -0.39 is 5.92 Å². The van der Waals surface area contributed by atoms with Crippen LogP contribution in [-0.2, 0) is 16.1 Å². The first-order chi connectivity index (χ1) is 12.1. The monoisotopic (exact) mass is 336 g/mol. The molecular formula is C19H20N4O2. The molecule has 6 nitrogen and oxygen atoms in total. The summed E-state index contributed by atoms with van der Waals surface area (Å²) in [5.74, 6) is -1.39. The molecule has 1 aromatic carbocycles. The number of fused-ring (bicyclic) bond motifs is 1. The Labute approximate surface area is 147 Å². The fourth-order valence-electron chi connectivity index (χ4n) is 3.70. The van der Waals surface area contributed by atoms with Crippen molar-refractivity contribution in [2.45, 2.75) is 19.4 Å². The molecule has 0 spiro atoms. The number of carbonyl (C=O) groups excluding carboxylic acids is 2. The summed E-state index contributed by atoms with van der Waals surface area (Å²) in [6, 6.07) is 14.1. The number of carbonyl (C=O) groups is 2. The van der Waals surface area contributed by atoms with Gasteiger partial charge in [-0.05, 0) is 12.0 Å². The Hall–Kier alpha value is -2.70. The van der Waals surface area contributed by atoms with Gasteiger partial charge in [-0.1, -0.05) is 30.3 Å². The highest BCUT2D eigenvalue weighted by atomic mass is 16.2. The average Bonchev–Trinajstić information content (AvgIpc) is 3.13. The molecule has 0 aromatic heterocycles. The van der Waals surface area contributed by atoms with Crippen molar-refractivity contribution in [3.05, 3.63) is 35.9 Å². The van der Waals surface area contributed by atoms with Crippen LogP contribution in [0.2, 0.25) is 0 Å². The SMILES string of the molecule is N#CCC[C@@H](C#N)CN1C(=O)[C@H]2CN(Cc3ccccc3)C[C@H]2C1=O. The van der Waals surface area contributed by atoms with Gasteiger partial charge in [0.15, 0.2) is 0 Å². The minimum absolute atomic E-state index is 0.113. The van der Waals surface area contributed by atoms with Crippen LogP contribution in [0.5, 0.6) is 0 Å². The fraction of sp³-hybridized carbons (Fsp3) is 0.474. The Balaban J connectivity index is 1.62. The van der Waals surface area contributed by atoms with Crippen molar-refractivity contribution in [1.29, 1.82) is 10.5 Å². The third-order valence-corrected chi connectivity index (χ3v) is 5.00. The van der Waals surface area contributed by atoms with Crippen molar-refractivity contribution < 1.29 is 9.59 Å². The summed E-state index contributed by atoms with van der Waals surface area (Å²) in [5.41, 5.74) is 1.17. The van der Waals surface area contributed by atoms with Crippen LogP contribution in [0.25, 0.3) is 0 Å². The van der Waals surface area contributed by atoms with Gasteiger partial charge in [0, 0.05) is 32.6 Å².